The standard InChI is InChI=1S/C9H8BrN3O2/c1-15-8(14)5-2-3-13-6(4-5)7(10)12-9(13)11/h2-4H,1H3,(H2,11,12). The molecular weight excluding hydrogens is 262 g/mol. The van der Waals surface area contributed by atoms with Crippen molar-refractivity contribution in [1.29, 1.82) is 0 Å². The summed E-state index contributed by atoms with van der Waals surface area (Å²) >= 11 is 3.26. The monoisotopic (exact) mass is 269 g/mol. The molecule has 0 aliphatic rings. The largest absolute Gasteiger partial charge is 0.465 e. The van der Waals surface area contributed by atoms with Crippen molar-refractivity contribution in [3.05, 3.63) is 28.5 Å². The van der Waals surface area contributed by atoms with Crippen LogP contribution in [-0.4, -0.2) is 22.5 Å². The number of rotatable bonds is 1. The molecule has 5 nitrogen and oxygen atoms in total. The fraction of sp³-hybridized carbons (Fsp3) is 0.111. The van der Waals surface area contributed by atoms with Gasteiger partial charge in [-0.05, 0) is 28.1 Å². The summed E-state index contributed by atoms with van der Waals surface area (Å²) in [6.45, 7) is 0. The number of anilines is 1. The molecule has 2 N–H and O–H groups in total. The smallest absolute Gasteiger partial charge is 0.337 e. The third kappa shape index (κ3) is 1.56. The number of pyridine rings is 1. The summed E-state index contributed by atoms with van der Waals surface area (Å²) < 4.78 is 6.90. The van der Waals surface area contributed by atoms with E-state index >= 15 is 0 Å². The van der Waals surface area contributed by atoms with E-state index in [1.165, 1.54) is 7.11 Å². The minimum atomic E-state index is -0.385. The second kappa shape index (κ2) is 3.54. The first-order valence-electron chi connectivity index (χ1n) is 4.15. The van der Waals surface area contributed by atoms with E-state index < -0.39 is 0 Å². The molecule has 0 spiro atoms. The van der Waals surface area contributed by atoms with Crippen LogP contribution in [0.5, 0.6) is 0 Å². The van der Waals surface area contributed by atoms with Gasteiger partial charge in [0, 0.05) is 6.20 Å². The minimum absolute atomic E-state index is 0.369. The van der Waals surface area contributed by atoms with Crippen LogP contribution < -0.4 is 5.73 Å². The lowest BCUT2D eigenvalue weighted by molar-refractivity contribution is 0.0601. The molecule has 2 aromatic rings. The van der Waals surface area contributed by atoms with Crippen LogP contribution in [0, 0.1) is 0 Å². The Bertz CT molecular complexity index is 535. The number of nitrogens with zero attached hydrogens (tertiary/aromatic N) is 2. The second-order valence-corrected chi connectivity index (χ2v) is 3.67. The van der Waals surface area contributed by atoms with Gasteiger partial charge in [0.1, 0.15) is 4.60 Å². The Morgan fingerprint density at radius 1 is 1.67 bits per heavy atom. The number of carbonyl (C=O) groups is 1. The van der Waals surface area contributed by atoms with E-state index in [-0.39, 0.29) is 5.97 Å². The van der Waals surface area contributed by atoms with Crippen LogP contribution in [0.2, 0.25) is 0 Å². The van der Waals surface area contributed by atoms with Crippen LogP contribution in [0.15, 0.2) is 22.9 Å². The lowest BCUT2D eigenvalue weighted by atomic mass is 10.2. The summed E-state index contributed by atoms with van der Waals surface area (Å²) in [6, 6.07) is 3.29. The maximum absolute atomic E-state index is 11.3. The zero-order valence-corrected chi connectivity index (χ0v) is 9.48. The van der Waals surface area contributed by atoms with Gasteiger partial charge in [0.05, 0.1) is 18.2 Å². The van der Waals surface area contributed by atoms with Gasteiger partial charge in [-0.3, -0.25) is 4.40 Å². The third-order valence-electron chi connectivity index (χ3n) is 2.05. The van der Waals surface area contributed by atoms with Gasteiger partial charge in [-0.1, -0.05) is 0 Å². The first kappa shape index (κ1) is 9.97. The molecule has 0 saturated carbocycles. The number of ether oxygens (including phenoxy) is 1. The van der Waals surface area contributed by atoms with Gasteiger partial charge in [0.2, 0.25) is 5.95 Å². The average Bonchev–Trinajstić information content (AvgIpc) is 2.53. The van der Waals surface area contributed by atoms with Gasteiger partial charge in [0.15, 0.2) is 0 Å². The van der Waals surface area contributed by atoms with Crippen molar-refractivity contribution in [2.24, 2.45) is 0 Å². The van der Waals surface area contributed by atoms with Gasteiger partial charge in [-0.25, -0.2) is 9.78 Å². The molecule has 0 aromatic carbocycles. The van der Waals surface area contributed by atoms with Crippen molar-refractivity contribution in [1.82, 2.24) is 9.38 Å². The van der Waals surface area contributed by atoms with Crippen LogP contribution >= 0.6 is 15.9 Å². The highest BCUT2D eigenvalue weighted by molar-refractivity contribution is 9.10. The fourth-order valence-corrected chi connectivity index (χ4v) is 1.80. The second-order valence-electron chi connectivity index (χ2n) is 2.92. The molecule has 6 heteroatoms. The van der Waals surface area contributed by atoms with Gasteiger partial charge in [0.25, 0.3) is 0 Å². The molecule has 0 atom stereocenters. The Morgan fingerprint density at radius 3 is 3.07 bits per heavy atom. The summed E-state index contributed by atoms with van der Waals surface area (Å²) in [4.78, 5) is 15.3. The van der Waals surface area contributed by atoms with E-state index in [9.17, 15) is 4.79 Å². The molecule has 15 heavy (non-hydrogen) atoms. The van der Waals surface area contributed by atoms with E-state index in [2.05, 4.69) is 25.7 Å². The number of imidazole rings is 1. The minimum Gasteiger partial charge on any atom is -0.465 e. The molecule has 0 aliphatic carbocycles. The SMILES string of the molecule is COC(=O)c1ccn2c(N)nc(Br)c2c1. The van der Waals surface area contributed by atoms with Crippen LogP contribution in [-0.2, 0) is 4.74 Å². The highest BCUT2D eigenvalue weighted by Gasteiger charge is 2.10. The van der Waals surface area contributed by atoms with Crippen molar-refractivity contribution in [3.8, 4) is 0 Å². The zero-order chi connectivity index (χ0) is 11.0. The summed E-state index contributed by atoms with van der Waals surface area (Å²) in [6.07, 6.45) is 1.68. The first-order valence-corrected chi connectivity index (χ1v) is 4.94. The highest BCUT2D eigenvalue weighted by atomic mass is 79.9. The predicted molar refractivity (Wildman–Crippen MR) is 58.6 cm³/mol. The number of halogens is 1. The molecule has 0 fully saturated rings. The molecule has 78 valence electrons. The Kier molecular flexibility index (Phi) is 2.36. The van der Waals surface area contributed by atoms with Crippen molar-refractivity contribution in [3.63, 3.8) is 0 Å². The summed E-state index contributed by atoms with van der Waals surface area (Å²) in [7, 11) is 1.34. The molecule has 0 unspecified atom stereocenters. The van der Waals surface area contributed by atoms with Crippen molar-refractivity contribution >= 4 is 33.4 Å². The quantitative estimate of drug-likeness (QED) is 0.796. The molecular formula is C9H8BrN3O2. The zero-order valence-electron chi connectivity index (χ0n) is 7.90. The number of esters is 1. The summed E-state index contributed by atoms with van der Waals surface area (Å²) in [5.74, 6) is -0.0162. The van der Waals surface area contributed by atoms with Crippen LogP contribution in [0.4, 0.5) is 5.95 Å². The Balaban J connectivity index is 2.65. The molecule has 0 aliphatic heterocycles. The fourth-order valence-electron chi connectivity index (χ4n) is 1.32. The summed E-state index contributed by atoms with van der Waals surface area (Å²) in [5, 5.41) is 0. The topological polar surface area (TPSA) is 69.6 Å². The normalized spacial score (nSPS) is 10.5. The van der Waals surface area contributed by atoms with E-state index in [4.69, 9.17) is 5.73 Å². The molecule has 2 aromatic heterocycles. The number of carbonyl (C=O) groups excluding carboxylic acids is 1. The lowest BCUT2D eigenvalue weighted by Gasteiger charge is -2.00. The molecule has 0 bridgehead atoms. The van der Waals surface area contributed by atoms with Gasteiger partial charge >= 0.3 is 5.97 Å². The van der Waals surface area contributed by atoms with E-state index in [0.29, 0.717) is 16.1 Å². The summed E-state index contributed by atoms with van der Waals surface area (Å²) in [5.41, 5.74) is 6.84. The van der Waals surface area contributed by atoms with Gasteiger partial charge in [-0.2, -0.15) is 0 Å². The number of nitrogens with two attached hydrogens (primary N) is 1. The third-order valence-corrected chi connectivity index (χ3v) is 2.63. The molecule has 2 heterocycles. The molecule has 2 rings (SSSR count). The number of aromatic nitrogens is 2. The maximum Gasteiger partial charge on any atom is 0.337 e. The number of hydrogen-bond donors (Lipinski definition) is 1. The molecule has 0 radical (unpaired) electrons. The van der Waals surface area contributed by atoms with Crippen molar-refractivity contribution in [2.75, 3.05) is 12.8 Å². The van der Waals surface area contributed by atoms with E-state index in [0.717, 1.165) is 5.52 Å². The Hall–Kier alpha value is -1.56. The predicted octanol–water partition coefficient (Wildman–Crippen LogP) is 1.47. The van der Waals surface area contributed by atoms with Crippen LogP contribution in [0.1, 0.15) is 10.4 Å². The van der Waals surface area contributed by atoms with E-state index in [1.807, 2.05) is 0 Å². The van der Waals surface area contributed by atoms with Gasteiger partial charge in [-0.15, -0.1) is 0 Å². The lowest BCUT2D eigenvalue weighted by Crippen LogP contribution is -2.02. The van der Waals surface area contributed by atoms with Crippen molar-refractivity contribution in [2.45, 2.75) is 0 Å². The number of hydrogen-bond acceptors (Lipinski definition) is 4. The maximum atomic E-state index is 11.3. The highest BCUT2D eigenvalue weighted by Crippen LogP contribution is 2.21. The Labute approximate surface area is 94.0 Å². The first-order chi connectivity index (χ1) is 7.13. The molecule has 0 saturated heterocycles. The van der Waals surface area contributed by atoms with Crippen LogP contribution in [0.3, 0.4) is 0 Å². The van der Waals surface area contributed by atoms with Crippen LogP contribution in [0.25, 0.3) is 5.52 Å². The Morgan fingerprint density at radius 2 is 2.40 bits per heavy atom. The van der Waals surface area contributed by atoms with Crippen molar-refractivity contribution < 1.29 is 9.53 Å². The number of methoxy groups -OCH3 is 1. The van der Waals surface area contributed by atoms with Gasteiger partial charge < -0.3 is 10.5 Å². The number of nitrogen functional groups attached to an aromatic ring is 1. The molecule has 0 amide bonds. The average molecular weight is 270 g/mol. The van der Waals surface area contributed by atoms with E-state index in [1.54, 1.807) is 22.7 Å². The number of fused-ring (bicyclic) bond motifs is 1.